The molecule has 8 aromatic rings. The lowest BCUT2D eigenvalue weighted by atomic mass is 9.93. The Kier molecular flexibility index (Phi) is 6.43. The fourth-order valence-corrected chi connectivity index (χ4v) is 5.73. The smallest absolute Gasteiger partial charge is 0.164 e. The Morgan fingerprint density at radius 1 is 0.341 bits per heavy atom. The standard InChI is InChI=1S/C40H26N4/c1-5-13-27(14-6-1)34-26-36(29-15-7-2-8-16-29)41-35-24-23-28-21-22-32(25-33(28)37(34)35)40-43-38(30-17-9-3-10-18-30)42-39(44-40)31-19-11-4-12-20-31/h1-26H. The van der Waals surface area contributed by atoms with Gasteiger partial charge in [0.25, 0.3) is 0 Å². The maximum absolute atomic E-state index is 5.15. The Labute approximate surface area is 255 Å². The van der Waals surface area contributed by atoms with Gasteiger partial charge in [-0.15, -0.1) is 0 Å². The van der Waals surface area contributed by atoms with Crippen molar-refractivity contribution in [2.24, 2.45) is 0 Å². The molecule has 2 heterocycles. The second kappa shape index (κ2) is 11.0. The van der Waals surface area contributed by atoms with E-state index in [0.717, 1.165) is 60.8 Å². The van der Waals surface area contributed by atoms with E-state index in [2.05, 4.69) is 91.0 Å². The molecule has 0 bridgehead atoms. The highest BCUT2D eigenvalue weighted by atomic mass is 15.0. The summed E-state index contributed by atoms with van der Waals surface area (Å²) in [5.74, 6) is 1.92. The lowest BCUT2D eigenvalue weighted by Gasteiger charge is -2.14. The average molecular weight is 563 g/mol. The maximum atomic E-state index is 5.15. The summed E-state index contributed by atoms with van der Waals surface area (Å²) < 4.78 is 0. The number of benzene rings is 6. The Balaban J connectivity index is 1.38. The largest absolute Gasteiger partial charge is 0.248 e. The van der Waals surface area contributed by atoms with Gasteiger partial charge in [0, 0.05) is 27.6 Å². The topological polar surface area (TPSA) is 51.6 Å². The first-order valence-corrected chi connectivity index (χ1v) is 14.7. The molecule has 44 heavy (non-hydrogen) atoms. The van der Waals surface area contributed by atoms with Crippen molar-refractivity contribution in [3.63, 3.8) is 0 Å². The first kappa shape index (κ1) is 25.7. The third-order valence-corrected chi connectivity index (χ3v) is 7.90. The number of hydrogen-bond donors (Lipinski definition) is 0. The number of pyridine rings is 1. The molecule has 0 atom stereocenters. The van der Waals surface area contributed by atoms with Gasteiger partial charge in [0.1, 0.15) is 0 Å². The first-order valence-electron chi connectivity index (χ1n) is 14.7. The van der Waals surface area contributed by atoms with Gasteiger partial charge in [-0.1, -0.05) is 140 Å². The van der Waals surface area contributed by atoms with Crippen LogP contribution >= 0.6 is 0 Å². The van der Waals surface area contributed by atoms with Crippen LogP contribution < -0.4 is 0 Å². The molecule has 4 nitrogen and oxygen atoms in total. The average Bonchev–Trinajstić information content (AvgIpc) is 3.12. The predicted molar refractivity (Wildman–Crippen MR) is 180 cm³/mol. The van der Waals surface area contributed by atoms with E-state index >= 15 is 0 Å². The third-order valence-electron chi connectivity index (χ3n) is 7.90. The van der Waals surface area contributed by atoms with E-state index in [1.165, 1.54) is 0 Å². The highest BCUT2D eigenvalue weighted by molar-refractivity contribution is 6.14. The van der Waals surface area contributed by atoms with Crippen LogP contribution in [0.15, 0.2) is 158 Å². The second-order valence-electron chi connectivity index (χ2n) is 10.7. The molecular weight excluding hydrogens is 536 g/mol. The second-order valence-corrected chi connectivity index (χ2v) is 10.7. The lowest BCUT2D eigenvalue weighted by molar-refractivity contribution is 1.07. The van der Waals surface area contributed by atoms with Gasteiger partial charge in [0.15, 0.2) is 17.5 Å². The molecule has 0 spiro atoms. The molecule has 0 unspecified atom stereocenters. The minimum Gasteiger partial charge on any atom is -0.248 e. The van der Waals surface area contributed by atoms with Gasteiger partial charge in [-0.05, 0) is 40.1 Å². The van der Waals surface area contributed by atoms with Crippen LogP contribution in [0, 0.1) is 0 Å². The van der Waals surface area contributed by atoms with Gasteiger partial charge in [-0.3, -0.25) is 0 Å². The van der Waals surface area contributed by atoms with Gasteiger partial charge < -0.3 is 0 Å². The van der Waals surface area contributed by atoms with Crippen LogP contribution in [0.2, 0.25) is 0 Å². The summed E-state index contributed by atoms with van der Waals surface area (Å²) in [6.07, 6.45) is 0. The molecule has 0 amide bonds. The molecule has 8 rings (SSSR count). The van der Waals surface area contributed by atoms with Gasteiger partial charge in [0.05, 0.1) is 11.2 Å². The van der Waals surface area contributed by atoms with Crippen molar-refractivity contribution < 1.29 is 0 Å². The molecule has 206 valence electrons. The third kappa shape index (κ3) is 4.79. The Bertz CT molecular complexity index is 2190. The summed E-state index contributed by atoms with van der Waals surface area (Å²) in [5.41, 5.74) is 8.09. The Hall–Kier alpha value is -6.00. The summed E-state index contributed by atoms with van der Waals surface area (Å²) in [7, 11) is 0. The summed E-state index contributed by atoms with van der Waals surface area (Å²) >= 11 is 0. The first-order chi connectivity index (χ1) is 21.8. The van der Waals surface area contributed by atoms with Crippen molar-refractivity contribution in [2.45, 2.75) is 0 Å². The van der Waals surface area contributed by atoms with E-state index in [4.69, 9.17) is 19.9 Å². The molecule has 0 aliphatic carbocycles. The van der Waals surface area contributed by atoms with Crippen LogP contribution in [0.25, 0.3) is 78.2 Å². The number of nitrogens with zero attached hydrogens (tertiary/aromatic N) is 4. The Morgan fingerprint density at radius 3 is 1.39 bits per heavy atom. The van der Waals surface area contributed by atoms with E-state index in [1.54, 1.807) is 0 Å². The summed E-state index contributed by atoms with van der Waals surface area (Å²) in [5, 5.41) is 3.35. The fourth-order valence-electron chi connectivity index (χ4n) is 5.73. The minimum atomic E-state index is 0.631. The monoisotopic (exact) mass is 562 g/mol. The molecule has 0 N–H and O–H groups in total. The van der Waals surface area contributed by atoms with Crippen LogP contribution in [0.1, 0.15) is 0 Å². The van der Waals surface area contributed by atoms with Gasteiger partial charge >= 0.3 is 0 Å². The predicted octanol–water partition coefficient (Wildman–Crippen LogP) is 9.91. The number of hydrogen-bond acceptors (Lipinski definition) is 4. The number of rotatable bonds is 5. The van der Waals surface area contributed by atoms with E-state index in [0.29, 0.717) is 17.5 Å². The molecule has 0 saturated heterocycles. The number of aromatic nitrogens is 4. The van der Waals surface area contributed by atoms with Gasteiger partial charge in [0.2, 0.25) is 0 Å². The maximum Gasteiger partial charge on any atom is 0.164 e. The highest BCUT2D eigenvalue weighted by Crippen LogP contribution is 2.38. The Morgan fingerprint density at radius 2 is 0.818 bits per heavy atom. The molecule has 4 heteroatoms. The normalized spacial score (nSPS) is 11.2. The zero-order chi connectivity index (χ0) is 29.3. The van der Waals surface area contributed by atoms with Crippen molar-refractivity contribution >= 4 is 21.7 Å². The van der Waals surface area contributed by atoms with Crippen LogP contribution in [0.3, 0.4) is 0 Å². The van der Waals surface area contributed by atoms with Crippen molar-refractivity contribution in [3.05, 3.63) is 158 Å². The van der Waals surface area contributed by atoms with Crippen molar-refractivity contribution in [1.82, 2.24) is 19.9 Å². The lowest BCUT2D eigenvalue weighted by Crippen LogP contribution is -2.00. The van der Waals surface area contributed by atoms with Gasteiger partial charge in [-0.2, -0.15) is 0 Å². The molecule has 0 aliphatic rings. The molecule has 6 aromatic carbocycles. The number of fused-ring (bicyclic) bond motifs is 3. The fraction of sp³-hybridized carbons (Fsp3) is 0. The van der Waals surface area contributed by atoms with E-state index in [9.17, 15) is 0 Å². The molecule has 0 saturated carbocycles. The van der Waals surface area contributed by atoms with Crippen molar-refractivity contribution in [1.29, 1.82) is 0 Å². The van der Waals surface area contributed by atoms with E-state index in [1.807, 2.05) is 66.7 Å². The quantitative estimate of drug-likeness (QED) is 0.196. The molecule has 2 aromatic heterocycles. The molecule has 0 fully saturated rings. The van der Waals surface area contributed by atoms with Crippen molar-refractivity contribution in [3.8, 4) is 56.5 Å². The highest BCUT2D eigenvalue weighted by Gasteiger charge is 2.16. The minimum absolute atomic E-state index is 0.631. The van der Waals surface area contributed by atoms with Crippen LogP contribution in [0.4, 0.5) is 0 Å². The molecular formula is C40H26N4. The molecule has 0 radical (unpaired) electrons. The zero-order valence-electron chi connectivity index (χ0n) is 23.8. The van der Waals surface area contributed by atoms with Crippen molar-refractivity contribution in [2.75, 3.05) is 0 Å². The summed E-state index contributed by atoms with van der Waals surface area (Å²) in [6, 6.07) is 54.0. The summed E-state index contributed by atoms with van der Waals surface area (Å²) in [4.78, 5) is 20.0. The van der Waals surface area contributed by atoms with E-state index < -0.39 is 0 Å². The van der Waals surface area contributed by atoms with Gasteiger partial charge in [-0.25, -0.2) is 19.9 Å². The summed E-state index contributed by atoms with van der Waals surface area (Å²) in [6.45, 7) is 0. The van der Waals surface area contributed by atoms with Crippen LogP contribution in [-0.2, 0) is 0 Å². The van der Waals surface area contributed by atoms with E-state index in [-0.39, 0.29) is 0 Å². The molecule has 0 aliphatic heterocycles. The zero-order valence-corrected chi connectivity index (χ0v) is 23.8. The van der Waals surface area contributed by atoms with Crippen LogP contribution in [0.5, 0.6) is 0 Å². The van der Waals surface area contributed by atoms with Crippen LogP contribution in [-0.4, -0.2) is 19.9 Å². The SMILES string of the molecule is c1ccc(-c2cc(-c3ccccc3)c3c(ccc4ccc(-c5nc(-c6ccccc6)nc(-c6ccccc6)n5)cc43)n2)cc1.